The molecule has 2 heterocycles. The Balaban J connectivity index is 1.73. The summed E-state index contributed by atoms with van der Waals surface area (Å²) in [6, 6.07) is 1.79. The minimum absolute atomic E-state index is 0.0679. The molecule has 134 valence electrons. The molecule has 1 saturated carbocycles. The van der Waals surface area contributed by atoms with Gasteiger partial charge in [-0.25, -0.2) is 8.42 Å². The van der Waals surface area contributed by atoms with E-state index in [4.69, 9.17) is 10.5 Å². The third-order valence-corrected chi connectivity index (χ3v) is 7.51. The van der Waals surface area contributed by atoms with Crippen molar-refractivity contribution in [1.82, 2.24) is 9.62 Å². The third-order valence-electron chi connectivity index (χ3n) is 4.53. The van der Waals surface area contributed by atoms with Crippen molar-refractivity contribution in [3.05, 3.63) is 16.3 Å². The van der Waals surface area contributed by atoms with Gasteiger partial charge in [0.2, 0.25) is 10.0 Å². The minimum Gasteiger partial charge on any atom is -0.379 e. The van der Waals surface area contributed by atoms with Crippen molar-refractivity contribution in [3.63, 3.8) is 0 Å². The molecular weight excluding hydrogens is 350 g/mol. The Labute approximate surface area is 146 Å². The van der Waals surface area contributed by atoms with Crippen LogP contribution in [-0.2, 0) is 14.8 Å². The lowest BCUT2D eigenvalue weighted by Crippen LogP contribution is -2.42. The molecule has 1 saturated heterocycles. The van der Waals surface area contributed by atoms with Gasteiger partial charge in [0.15, 0.2) is 0 Å². The van der Waals surface area contributed by atoms with E-state index in [0.29, 0.717) is 26.3 Å². The summed E-state index contributed by atoms with van der Waals surface area (Å²) in [4.78, 5) is 12.9. The predicted octanol–water partition coefficient (Wildman–Crippen LogP) is 0.769. The summed E-state index contributed by atoms with van der Waals surface area (Å²) in [5.41, 5.74) is 5.88. The van der Waals surface area contributed by atoms with Crippen LogP contribution in [-0.4, -0.2) is 57.0 Å². The largest absolute Gasteiger partial charge is 0.379 e. The van der Waals surface area contributed by atoms with Crippen LogP contribution in [0.25, 0.3) is 0 Å². The van der Waals surface area contributed by atoms with Crippen molar-refractivity contribution in [2.45, 2.75) is 42.7 Å². The number of nitrogens with one attached hydrogen (secondary N) is 1. The van der Waals surface area contributed by atoms with Crippen molar-refractivity contribution in [3.8, 4) is 0 Å². The maximum Gasteiger partial charge on any atom is 0.262 e. The molecular formula is C15H23N3O4S2. The number of sulfonamides is 1. The molecule has 9 heteroatoms. The average molecular weight is 374 g/mol. The van der Waals surface area contributed by atoms with Crippen LogP contribution in [0, 0.1) is 0 Å². The summed E-state index contributed by atoms with van der Waals surface area (Å²) in [6.07, 6.45) is 3.44. The van der Waals surface area contributed by atoms with Crippen LogP contribution in [0.2, 0.25) is 0 Å². The fourth-order valence-corrected chi connectivity index (χ4v) is 5.82. The van der Waals surface area contributed by atoms with Crippen LogP contribution in [0.5, 0.6) is 0 Å². The van der Waals surface area contributed by atoms with E-state index in [1.807, 2.05) is 0 Å². The molecule has 0 spiro atoms. The van der Waals surface area contributed by atoms with Gasteiger partial charge in [-0.1, -0.05) is 0 Å². The Morgan fingerprint density at radius 3 is 2.58 bits per heavy atom. The molecule has 1 aliphatic heterocycles. The number of hydrogen-bond acceptors (Lipinski definition) is 6. The first-order valence-corrected chi connectivity index (χ1v) is 10.5. The van der Waals surface area contributed by atoms with E-state index in [-0.39, 0.29) is 27.8 Å². The van der Waals surface area contributed by atoms with Gasteiger partial charge in [-0.2, -0.15) is 4.31 Å². The topological polar surface area (TPSA) is 102 Å². The molecule has 0 aromatic carbocycles. The Morgan fingerprint density at radius 1 is 1.25 bits per heavy atom. The number of nitrogens with zero attached hydrogens (tertiary/aromatic N) is 1. The second kappa shape index (κ2) is 7.49. The molecule has 0 bridgehead atoms. The van der Waals surface area contributed by atoms with Crippen molar-refractivity contribution in [2.24, 2.45) is 5.73 Å². The summed E-state index contributed by atoms with van der Waals surface area (Å²) in [7, 11) is -3.66. The molecule has 0 radical (unpaired) electrons. The second-order valence-corrected chi connectivity index (χ2v) is 9.04. The van der Waals surface area contributed by atoms with Gasteiger partial charge < -0.3 is 15.8 Å². The molecule has 1 amide bonds. The number of carbonyl (C=O) groups is 1. The van der Waals surface area contributed by atoms with Crippen molar-refractivity contribution < 1.29 is 17.9 Å². The van der Waals surface area contributed by atoms with E-state index in [0.717, 1.165) is 37.0 Å². The van der Waals surface area contributed by atoms with E-state index in [2.05, 4.69) is 5.32 Å². The molecule has 7 nitrogen and oxygen atoms in total. The Hall–Kier alpha value is -1.00. The van der Waals surface area contributed by atoms with E-state index in [9.17, 15) is 13.2 Å². The molecule has 24 heavy (non-hydrogen) atoms. The number of carbonyl (C=O) groups excluding carboxylic acids is 1. The smallest absolute Gasteiger partial charge is 0.262 e. The second-order valence-electron chi connectivity index (χ2n) is 6.22. The highest BCUT2D eigenvalue weighted by molar-refractivity contribution is 7.89. The average Bonchev–Trinajstić information content (AvgIpc) is 3.08. The number of ether oxygens (including phenoxy) is 1. The zero-order valence-electron chi connectivity index (χ0n) is 13.4. The summed E-state index contributed by atoms with van der Waals surface area (Å²) in [6.45, 7) is 1.40. The Kier molecular flexibility index (Phi) is 5.56. The standard InChI is InChI=1S/C15H23N3O4S2/c16-11-1-3-12(4-2-11)17-15(19)14-13(5-10-23-14)24(20,21)18-6-8-22-9-7-18/h5,10-12H,1-4,6-9,16H2,(H,17,19). The van der Waals surface area contributed by atoms with Gasteiger partial charge in [-0.3, -0.25) is 4.79 Å². The number of nitrogens with two attached hydrogens (primary N) is 1. The van der Waals surface area contributed by atoms with Gasteiger partial charge >= 0.3 is 0 Å². The lowest BCUT2D eigenvalue weighted by Gasteiger charge is -2.27. The van der Waals surface area contributed by atoms with Crippen LogP contribution in [0.4, 0.5) is 0 Å². The van der Waals surface area contributed by atoms with Crippen molar-refractivity contribution >= 4 is 27.3 Å². The molecule has 0 atom stereocenters. The summed E-state index contributed by atoms with van der Waals surface area (Å²) in [5.74, 6) is -0.308. The van der Waals surface area contributed by atoms with Crippen molar-refractivity contribution in [1.29, 1.82) is 0 Å². The maximum atomic E-state index is 12.8. The van der Waals surface area contributed by atoms with Gasteiger partial charge in [0.1, 0.15) is 9.77 Å². The molecule has 1 aromatic rings. The predicted molar refractivity (Wildman–Crippen MR) is 91.6 cm³/mol. The highest BCUT2D eigenvalue weighted by Gasteiger charge is 2.32. The highest BCUT2D eigenvalue weighted by atomic mass is 32.2. The highest BCUT2D eigenvalue weighted by Crippen LogP contribution is 2.26. The van der Waals surface area contributed by atoms with Gasteiger partial charge in [0.05, 0.1) is 13.2 Å². The molecule has 1 aromatic heterocycles. The first-order chi connectivity index (χ1) is 11.5. The molecule has 2 aliphatic rings. The third kappa shape index (κ3) is 3.80. The first-order valence-electron chi connectivity index (χ1n) is 8.20. The number of morpholine rings is 1. The van der Waals surface area contributed by atoms with Crippen LogP contribution >= 0.6 is 11.3 Å². The van der Waals surface area contributed by atoms with Crippen LogP contribution < -0.4 is 11.1 Å². The summed E-state index contributed by atoms with van der Waals surface area (Å²) < 4.78 is 32.2. The lowest BCUT2D eigenvalue weighted by atomic mass is 9.92. The molecule has 3 N–H and O–H groups in total. The number of rotatable bonds is 4. The number of hydrogen-bond donors (Lipinski definition) is 2. The Morgan fingerprint density at radius 2 is 1.92 bits per heavy atom. The van der Waals surface area contributed by atoms with Gasteiger partial charge in [-0.05, 0) is 37.1 Å². The van der Waals surface area contributed by atoms with Gasteiger partial charge in [0, 0.05) is 25.2 Å². The minimum atomic E-state index is -3.66. The van der Waals surface area contributed by atoms with E-state index in [1.54, 1.807) is 5.38 Å². The normalized spacial score (nSPS) is 26.2. The summed E-state index contributed by atoms with van der Waals surface area (Å²) in [5, 5.41) is 4.62. The van der Waals surface area contributed by atoms with E-state index >= 15 is 0 Å². The molecule has 2 fully saturated rings. The maximum absolute atomic E-state index is 12.8. The monoisotopic (exact) mass is 373 g/mol. The quantitative estimate of drug-likeness (QED) is 0.812. The van der Waals surface area contributed by atoms with Crippen LogP contribution in [0.3, 0.4) is 0 Å². The van der Waals surface area contributed by atoms with E-state index in [1.165, 1.54) is 10.4 Å². The fourth-order valence-electron chi connectivity index (χ4n) is 3.11. The zero-order valence-corrected chi connectivity index (χ0v) is 15.1. The number of thiophene rings is 1. The SMILES string of the molecule is NC1CCC(NC(=O)c2sccc2S(=O)(=O)N2CCOCC2)CC1. The summed E-state index contributed by atoms with van der Waals surface area (Å²) >= 11 is 1.16. The first kappa shape index (κ1) is 17.8. The molecule has 3 rings (SSSR count). The fraction of sp³-hybridized carbons (Fsp3) is 0.667. The van der Waals surface area contributed by atoms with Crippen molar-refractivity contribution in [2.75, 3.05) is 26.3 Å². The zero-order chi connectivity index (χ0) is 17.2. The van der Waals surface area contributed by atoms with Crippen LogP contribution in [0.1, 0.15) is 35.4 Å². The molecule has 0 unspecified atom stereocenters. The lowest BCUT2D eigenvalue weighted by molar-refractivity contribution is 0.0730. The Bertz CT molecular complexity index is 675. The number of amides is 1. The van der Waals surface area contributed by atoms with E-state index < -0.39 is 10.0 Å². The molecule has 1 aliphatic carbocycles. The van der Waals surface area contributed by atoms with Gasteiger partial charge in [0.25, 0.3) is 5.91 Å². The van der Waals surface area contributed by atoms with Crippen LogP contribution in [0.15, 0.2) is 16.3 Å². The van der Waals surface area contributed by atoms with Gasteiger partial charge in [-0.15, -0.1) is 11.3 Å².